The Hall–Kier alpha value is -1.12. The van der Waals surface area contributed by atoms with E-state index in [-0.39, 0.29) is 16.3 Å². The topological polar surface area (TPSA) is 72.2 Å². The number of rotatable bonds is 3. The summed E-state index contributed by atoms with van der Waals surface area (Å²) in [6.45, 7) is 1.84. The van der Waals surface area contributed by atoms with Gasteiger partial charge in [0.1, 0.15) is 10.7 Å². The minimum atomic E-state index is -3.90. The zero-order chi connectivity index (χ0) is 15.8. The lowest BCUT2D eigenvalue weighted by molar-refractivity contribution is 0.600. The highest BCUT2D eigenvalue weighted by molar-refractivity contribution is 9.11. The van der Waals surface area contributed by atoms with E-state index in [9.17, 15) is 12.8 Å². The van der Waals surface area contributed by atoms with Crippen LogP contribution in [0, 0.1) is 12.7 Å². The first kappa shape index (κ1) is 16.3. The largest absolute Gasteiger partial charge is 0.397 e. The smallest absolute Gasteiger partial charge is 0.263 e. The highest BCUT2D eigenvalue weighted by Gasteiger charge is 2.20. The molecular formula is C13H11Br2FN2O2S. The number of hydrogen-bond acceptors (Lipinski definition) is 3. The molecule has 0 aliphatic heterocycles. The molecule has 0 spiro atoms. The number of nitrogen functional groups attached to an aromatic ring is 1. The molecular weight excluding hydrogens is 427 g/mol. The molecule has 0 aliphatic rings. The van der Waals surface area contributed by atoms with Gasteiger partial charge in [0.15, 0.2) is 0 Å². The second-order valence-corrected chi connectivity index (χ2v) is 7.73. The number of anilines is 2. The van der Waals surface area contributed by atoms with Crippen molar-refractivity contribution in [1.29, 1.82) is 0 Å². The Bertz CT molecular complexity index is 810. The van der Waals surface area contributed by atoms with E-state index in [2.05, 4.69) is 36.6 Å². The van der Waals surface area contributed by atoms with Crippen LogP contribution in [-0.2, 0) is 10.0 Å². The van der Waals surface area contributed by atoms with Crippen LogP contribution in [0.1, 0.15) is 5.56 Å². The predicted octanol–water partition coefficient (Wildman–Crippen LogP) is 4.04. The van der Waals surface area contributed by atoms with Crippen molar-refractivity contribution >= 4 is 53.3 Å². The molecule has 2 aromatic rings. The molecule has 0 unspecified atom stereocenters. The highest BCUT2D eigenvalue weighted by atomic mass is 79.9. The van der Waals surface area contributed by atoms with Gasteiger partial charge in [0.2, 0.25) is 0 Å². The van der Waals surface area contributed by atoms with E-state index in [1.54, 1.807) is 6.07 Å². The highest BCUT2D eigenvalue weighted by Crippen LogP contribution is 2.31. The normalized spacial score (nSPS) is 11.4. The van der Waals surface area contributed by atoms with Crippen LogP contribution in [0.25, 0.3) is 0 Å². The molecule has 4 nitrogen and oxygen atoms in total. The number of hydrogen-bond donors (Lipinski definition) is 2. The first-order chi connectivity index (χ1) is 9.70. The van der Waals surface area contributed by atoms with Crippen LogP contribution in [0.5, 0.6) is 0 Å². The van der Waals surface area contributed by atoms with Crippen LogP contribution >= 0.6 is 31.9 Å². The molecule has 8 heteroatoms. The fourth-order valence-corrected chi connectivity index (χ4v) is 4.41. The van der Waals surface area contributed by atoms with Gasteiger partial charge in [-0.3, -0.25) is 4.72 Å². The number of aryl methyl sites for hydroxylation is 1. The molecule has 3 N–H and O–H groups in total. The van der Waals surface area contributed by atoms with Gasteiger partial charge < -0.3 is 5.73 Å². The van der Waals surface area contributed by atoms with Crippen LogP contribution in [0.4, 0.5) is 15.8 Å². The molecule has 0 saturated heterocycles. The molecule has 0 fully saturated rings. The van der Waals surface area contributed by atoms with Crippen molar-refractivity contribution in [3.05, 3.63) is 50.7 Å². The summed E-state index contributed by atoms with van der Waals surface area (Å²) in [6.07, 6.45) is 0. The maximum Gasteiger partial charge on any atom is 0.263 e. The minimum Gasteiger partial charge on any atom is -0.397 e. The quantitative estimate of drug-likeness (QED) is 0.711. The van der Waals surface area contributed by atoms with E-state index in [1.165, 1.54) is 12.1 Å². The van der Waals surface area contributed by atoms with Crippen LogP contribution in [0.2, 0.25) is 0 Å². The Morgan fingerprint density at radius 1 is 1.14 bits per heavy atom. The lowest BCUT2D eigenvalue weighted by Crippen LogP contribution is -2.15. The Balaban J connectivity index is 2.48. The van der Waals surface area contributed by atoms with Crippen LogP contribution in [0.15, 0.2) is 44.2 Å². The number of halogens is 3. The predicted molar refractivity (Wildman–Crippen MR) is 88.2 cm³/mol. The minimum absolute atomic E-state index is 0.00130. The van der Waals surface area contributed by atoms with Crippen molar-refractivity contribution in [2.75, 3.05) is 10.5 Å². The molecule has 0 radical (unpaired) electrons. The van der Waals surface area contributed by atoms with Gasteiger partial charge in [0.05, 0.1) is 11.4 Å². The van der Waals surface area contributed by atoms with Gasteiger partial charge in [0.25, 0.3) is 10.0 Å². The molecule has 21 heavy (non-hydrogen) atoms. The molecule has 2 aromatic carbocycles. The van der Waals surface area contributed by atoms with Gasteiger partial charge in [-0.15, -0.1) is 0 Å². The third kappa shape index (κ3) is 3.56. The van der Waals surface area contributed by atoms with Crippen LogP contribution in [0.3, 0.4) is 0 Å². The molecule has 0 amide bonds. The lowest BCUT2D eigenvalue weighted by atomic mass is 10.2. The first-order valence-corrected chi connectivity index (χ1v) is 8.81. The van der Waals surface area contributed by atoms with Gasteiger partial charge in [0, 0.05) is 15.0 Å². The second kappa shape index (κ2) is 5.94. The maximum atomic E-state index is 13.2. The third-order valence-corrected chi connectivity index (χ3v) is 5.94. The number of benzene rings is 2. The molecule has 0 saturated carbocycles. The summed E-state index contributed by atoms with van der Waals surface area (Å²) in [4.78, 5) is 0.0311. The Morgan fingerprint density at radius 2 is 1.81 bits per heavy atom. The Morgan fingerprint density at radius 3 is 2.48 bits per heavy atom. The molecule has 0 atom stereocenters. The number of nitrogens with two attached hydrogens (primary N) is 1. The summed E-state index contributed by atoms with van der Waals surface area (Å²) in [6, 6.07) is 6.63. The van der Waals surface area contributed by atoms with Crippen LogP contribution in [-0.4, -0.2) is 8.42 Å². The van der Waals surface area contributed by atoms with Gasteiger partial charge >= 0.3 is 0 Å². The van der Waals surface area contributed by atoms with Gasteiger partial charge in [-0.05, 0) is 52.7 Å². The first-order valence-electron chi connectivity index (χ1n) is 5.74. The summed E-state index contributed by atoms with van der Waals surface area (Å²) < 4.78 is 41.4. The fraction of sp³-hybridized carbons (Fsp3) is 0.0769. The summed E-state index contributed by atoms with van der Waals surface area (Å²) in [5, 5.41) is 0. The zero-order valence-electron chi connectivity index (χ0n) is 10.8. The fourth-order valence-electron chi connectivity index (χ4n) is 1.65. The van der Waals surface area contributed by atoms with Crippen LogP contribution < -0.4 is 10.5 Å². The monoisotopic (exact) mass is 436 g/mol. The van der Waals surface area contributed by atoms with Gasteiger partial charge in [-0.25, -0.2) is 12.8 Å². The summed E-state index contributed by atoms with van der Waals surface area (Å²) in [5.74, 6) is -0.578. The third-order valence-electron chi connectivity index (χ3n) is 2.76. The second-order valence-electron chi connectivity index (χ2n) is 4.37. The Kier molecular flexibility index (Phi) is 4.60. The maximum absolute atomic E-state index is 13.2. The van der Waals surface area contributed by atoms with Gasteiger partial charge in [-0.1, -0.05) is 15.9 Å². The SMILES string of the molecule is Cc1cc(Br)c(S(=O)(=O)Nc2cc(F)ccc2N)cc1Br. The number of nitrogens with one attached hydrogen (secondary N) is 1. The van der Waals surface area contributed by atoms with E-state index in [1.807, 2.05) is 6.92 Å². The average molecular weight is 438 g/mol. The van der Waals surface area contributed by atoms with E-state index >= 15 is 0 Å². The van der Waals surface area contributed by atoms with Crippen molar-refractivity contribution in [2.24, 2.45) is 0 Å². The number of sulfonamides is 1. The summed E-state index contributed by atoms with van der Waals surface area (Å²) >= 11 is 6.50. The lowest BCUT2D eigenvalue weighted by Gasteiger charge is -2.13. The van der Waals surface area contributed by atoms with E-state index < -0.39 is 15.8 Å². The molecule has 112 valence electrons. The average Bonchev–Trinajstić information content (AvgIpc) is 2.37. The molecule has 0 aliphatic carbocycles. The van der Waals surface area contributed by atoms with Crippen molar-refractivity contribution in [2.45, 2.75) is 11.8 Å². The standard InChI is InChI=1S/C13H11Br2FN2O2S/c1-7-4-10(15)13(6-9(7)14)21(19,20)18-12-5-8(16)2-3-11(12)17/h2-6,18H,17H2,1H3. The van der Waals surface area contributed by atoms with Crippen molar-refractivity contribution in [1.82, 2.24) is 0 Å². The molecule has 0 aromatic heterocycles. The van der Waals surface area contributed by atoms with E-state index in [0.29, 0.717) is 8.95 Å². The molecule has 2 rings (SSSR count). The van der Waals surface area contributed by atoms with Gasteiger partial charge in [-0.2, -0.15) is 0 Å². The molecule has 0 heterocycles. The van der Waals surface area contributed by atoms with Crippen molar-refractivity contribution in [3.8, 4) is 0 Å². The zero-order valence-corrected chi connectivity index (χ0v) is 14.8. The summed E-state index contributed by atoms with van der Waals surface area (Å²) in [5.41, 5.74) is 6.67. The molecule has 0 bridgehead atoms. The van der Waals surface area contributed by atoms with Crippen molar-refractivity contribution < 1.29 is 12.8 Å². The van der Waals surface area contributed by atoms with Crippen molar-refractivity contribution in [3.63, 3.8) is 0 Å². The van der Waals surface area contributed by atoms with E-state index in [4.69, 9.17) is 5.73 Å². The summed E-state index contributed by atoms with van der Waals surface area (Å²) in [7, 11) is -3.90. The Labute approximate surface area is 138 Å². The van der Waals surface area contributed by atoms with E-state index in [0.717, 1.165) is 17.7 Å².